The predicted octanol–water partition coefficient (Wildman–Crippen LogP) is 3.97. The van der Waals surface area contributed by atoms with Crippen molar-refractivity contribution in [1.82, 2.24) is 20.6 Å². The lowest BCUT2D eigenvalue weighted by atomic mass is 9.99. The van der Waals surface area contributed by atoms with Gasteiger partial charge in [-0.15, -0.1) is 0 Å². The van der Waals surface area contributed by atoms with Gasteiger partial charge < -0.3 is 20.2 Å². The molecular weight excluding hydrogens is 428 g/mol. The van der Waals surface area contributed by atoms with E-state index < -0.39 is 0 Å². The fraction of sp³-hybridized carbons (Fsp3) is 0.148. The van der Waals surface area contributed by atoms with Crippen LogP contribution in [0.25, 0.3) is 22.3 Å². The Hall–Kier alpha value is -4.07. The van der Waals surface area contributed by atoms with E-state index in [1.165, 1.54) is 6.07 Å². The van der Waals surface area contributed by atoms with Crippen molar-refractivity contribution >= 4 is 11.0 Å². The second-order valence-corrected chi connectivity index (χ2v) is 8.11. The minimum absolute atomic E-state index is 0.112. The number of fused-ring (bicyclic) bond motifs is 2. The number of rotatable bonds is 8. The minimum atomic E-state index is -0.123. The summed E-state index contributed by atoms with van der Waals surface area (Å²) in [5.41, 5.74) is 4.88. The first-order valence-electron chi connectivity index (χ1n) is 11.1. The van der Waals surface area contributed by atoms with Crippen LogP contribution in [0, 0.1) is 0 Å². The summed E-state index contributed by atoms with van der Waals surface area (Å²) >= 11 is 0. The van der Waals surface area contributed by atoms with Crippen LogP contribution in [-0.2, 0) is 26.2 Å². The SMILES string of the molecule is O=c1cc2oc3cc(O)cc(CNCc4ccccn4)c3cc-2c(CNCc2ccccn2)c1. The first-order valence-corrected chi connectivity index (χ1v) is 11.1. The molecule has 3 heterocycles. The van der Waals surface area contributed by atoms with Crippen LogP contribution in [0.15, 0.2) is 88.3 Å². The van der Waals surface area contributed by atoms with E-state index in [9.17, 15) is 9.90 Å². The number of benzene rings is 2. The van der Waals surface area contributed by atoms with Gasteiger partial charge in [0.2, 0.25) is 0 Å². The van der Waals surface area contributed by atoms with Crippen LogP contribution in [0.5, 0.6) is 5.75 Å². The van der Waals surface area contributed by atoms with Crippen LogP contribution >= 0.6 is 0 Å². The Morgan fingerprint density at radius 2 is 1.44 bits per heavy atom. The maximum absolute atomic E-state index is 12.3. The van der Waals surface area contributed by atoms with E-state index in [2.05, 4.69) is 20.6 Å². The van der Waals surface area contributed by atoms with Crippen molar-refractivity contribution in [3.8, 4) is 17.1 Å². The van der Waals surface area contributed by atoms with E-state index in [0.29, 0.717) is 37.5 Å². The normalized spacial score (nSPS) is 11.3. The number of aromatic hydroxyl groups is 1. The third-order valence-electron chi connectivity index (χ3n) is 5.62. The summed E-state index contributed by atoms with van der Waals surface area (Å²) in [6, 6.07) is 20.0. The molecule has 0 saturated heterocycles. The number of nitrogens with zero attached hydrogens (tertiary/aromatic N) is 2. The lowest BCUT2D eigenvalue weighted by Crippen LogP contribution is -2.16. The molecule has 34 heavy (non-hydrogen) atoms. The first-order chi connectivity index (χ1) is 16.7. The molecule has 0 bridgehead atoms. The highest BCUT2D eigenvalue weighted by molar-refractivity contribution is 5.87. The summed E-state index contributed by atoms with van der Waals surface area (Å²) in [6.45, 7) is 2.21. The number of hydrogen-bond donors (Lipinski definition) is 3. The Balaban J connectivity index is 1.44. The minimum Gasteiger partial charge on any atom is -0.508 e. The van der Waals surface area contributed by atoms with E-state index in [4.69, 9.17) is 4.42 Å². The fourth-order valence-electron chi connectivity index (χ4n) is 4.03. The average molecular weight is 453 g/mol. The monoisotopic (exact) mass is 452 g/mol. The van der Waals surface area contributed by atoms with Gasteiger partial charge in [-0.3, -0.25) is 14.8 Å². The van der Waals surface area contributed by atoms with Crippen LogP contribution in [0.4, 0.5) is 0 Å². The Labute approximate surface area is 196 Å². The van der Waals surface area contributed by atoms with Gasteiger partial charge in [0.05, 0.1) is 11.4 Å². The van der Waals surface area contributed by atoms with Crippen molar-refractivity contribution in [3.63, 3.8) is 0 Å². The molecule has 1 aliphatic heterocycles. The molecule has 1 aliphatic carbocycles. The Morgan fingerprint density at radius 1 is 0.765 bits per heavy atom. The largest absolute Gasteiger partial charge is 0.508 e. The van der Waals surface area contributed by atoms with Crippen LogP contribution < -0.4 is 16.1 Å². The van der Waals surface area contributed by atoms with Crippen molar-refractivity contribution < 1.29 is 9.52 Å². The van der Waals surface area contributed by atoms with Gasteiger partial charge in [0, 0.05) is 61.7 Å². The van der Waals surface area contributed by atoms with Crippen molar-refractivity contribution in [2.24, 2.45) is 0 Å². The topological polar surface area (TPSA) is 100 Å². The number of pyridine rings is 2. The number of hydrogen-bond acceptors (Lipinski definition) is 7. The van der Waals surface area contributed by atoms with Gasteiger partial charge >= 0.3 is 0 Å². The van der Waals surface area contributed by atoms with Gasteiger partial charge in [0.1, 0.15) is 17.1 Å². The summed E-state index contributed by atoms with van der Waals surface area (Å²) in [5.74, 6) is 0.605. The smallest absolute Gasteiger partial charge is 0.182 e. The molecule has 0 radical (unpaired) electrons. The van der Waals surface area contributed by atoms with Gasteiger partial charge in [-0.25, -0.2) is 0 Å². The highest BCUT2D eigenvalue weighted by Crippen LogP contribution is 2.33. The van der Waals surface area contributed by atoms with E-state index in [0.717, 1.165) is 33.5 Å². The molecule has 2 aromatic heterocycles. The molecule has 3 N–H and O–H groups in total. The van der Waals surface area contributed by atoms with Gasteiger partial charge in [0.25, 0.3) is 0 Å². The van der Waals surface area contributed by atoms with Crippen LogP contribution in [0.3, 0.4) is 0 Å². The lowest BCUT2D eigenvalue weighted by molar-refractivity contribution is 0.473. The van der Waals surface area contributed by atoms with Crippen molar-refractivity contribution in [1.29, 1.82) is 0 Å². The molecule has 0 fully saturated rings. The summed E-state index contributed by atoms with van der Waals surface area (Å²) < 4.78 is 6.08. The van der Waals surface area contributed by atoms with Gasteiger partial charge in [-0.2, -0.15) is 0 Å². The Morgan fingerprint density at radius 3 is 2.09 bits per heavy atom. The van der Waals surface area contributed by atoms with Crippen molar-refractivity contribution in [3.05, 3.63) is 112 Å². The predicted molar refractivity (Wildman–Crippen MR) is 130 cm³/mol. The number of phenols is 1. The third kappa shape index (κ3) is 4.96. The van der Waals surface area contributed by atoms with E-state index >= 15 is 0 Å². The quantitative estimate of drug-likeness (QED) is 0.306. The van der Waals surface area contributed by atoms with E-state index in [1.54, 1.807) is 30.6 Å². The molecule has 0 amide bonds. The molecule has 7 nitrogen and oxygen atoms in total. The van der Waals surface area contributed by atoms with Gasteiger partial charge in [-0.05, 0) is 53.6 Å². The second-order valence-electron chi connectivity index (χ2n) is 8.11. The molecule has 0 atom stereocenters. The maximum Gasteiger partial charge on any atom is 0.182 e. The standard InChI is InChI=1S/C27H24N4O3/c32-22-9-18(14-28-16-20-5-1-3-7-30-20)24-13-25-19(15-29-17-21-6-2-4-8-31-21)10-23(33)12-27(25)34-26(24)11-22/h1-13,28-29,32H,14-17H2. The van der Waals surface area contributed by atoms with E-state index in [1.807, 2.05) is 42.5 Å². The Bertz CT molecular complexity index is 1440. The fourth-order valence-corrected chi connectivity index (χ4v) is 4.03. The molecule has 2 aliphatic rings. The zero-order valence-electron chi connectivity index (χ0n) is 18.5. The molecule has 1 aromatic carbocycles. The molecule has 0 unspecified atom stereocenters. The second kappa shape index (κ2) is 9.82. The third-order valence-corrected chi connectivity index (χ3v) is 5.62. The number of phenolic OH excluding ortho intramolecular Hbond substituents is 1. The zero-order valence-corrected chi connectivity index (χ0v) is 18.5. The van der Waals surface area contributed by atoms with Crippen molar-refractivity contribution in [2.75, 3.05) is 0 Å². The first kappa shape index (κ1) is 21.8. The molecule has 0 spiro atoms. The summed E-state index contributed by atoms with van der Waals surface area (Å²) in [6.07, 6.45) is 3.52. The number of aromatic nitrogens is 2. The van der Waals surface area contributed by atoms with Crippen LogP contribution in [-0.4, -0.2) is 15.1 Å². The molecule has 0 saturated carbocycles. The highest BCUT2D eigenvalue weighted by Gasteiger charge is 2.16. The molecule has 7 heteroatoms. The summed E-state index contributed by atoms with van der Waals surface area (Å²) in [7, 11) is 0. The lowest BCUT2D eigenvalue weighted by Gasteiger charge is -2.15. The van der Waals surface area contributed by atoms with Gasteiger partial charge in [-0.1, -0.05) is 12.1 Å². The van der Waals surface area contributed by atoms with Crippen LogP contribution in [0.1, 0.15) is 22.5 Å². The maximum atomic E-state index is 12.3. The highest BCUT2D eigenvalue weighted by atomic mass is 16.3. The summed E-state index contributed by atoms with van der Waals surface area (Å²) in [4.78, 5) is 21.0. The van der Waals surface area contributed by atoms with Crippen LogP contribution in [0.2, 0.25) is 0 Å². The van der Waals surface area contributed by atoms with E-state index in [-0.39, 0.29) is 11.2 Å². The number of nitrogens with one attached hydrogen (secondary N) is 2. The average Bonchev–Trinajstić information content (AvgIpc) is 2.84. The Kier molecular flexibility index (Phi) is 6.29. The molecule has 3 aromatic rings. The van der Waals surface area contributed by atoms with Gasteiger partial charge in [0.15, 0.2) is 5.43 Å². The molecule has 5 rings (SSSR count). The summed E-state index contributed by atoms with van der Waals surface area (Å²) in [5, 5.41) is 17.9. The van der Waals surface area contributed by atoms with Crippen molar-refractivity contribution in [2.45, 2.75) is 26.2 Å². The zero-order chi connectivity index (χ0) is 23.3. The molecule has 170 valence electrons. The molecular formula is C27H24N4O3.